The third-order valence-corrected chi connectivity index (χ3v) is 3.31. The largest absolute Gasteiger partial charge is 0.352 e. The summed E-state index contributed by atoms with van der Waals surface area (Å²) in [5, 5.41) is 6.10. The van der Waals surface area contributed by atoms with Crippen LogP contribution in [0.1, 0.15) is 19.8 Å². The molecule has 1 fully saturated rings. The van der Waals surface area contributed by atoms with Gasteiger partial charge < -0.3 is 10.6 Å². The van der Waals surface area contributed by atoms with E-state index in [1.54, 1.807) is 0 Å². The van der Waals surface area contributed by atoms with Crippen LogP contribution in [0.3, 0.4) is 0 Å². The van der Waals surface area contributed by atoms with Gasteiger partial charge in [0.25, 0.3) is 0 Å². The molecule has 0 atom stereocenters. The summed E-state index contributed by atoms with van der Waals surface area (Å²) < 4.78 is 0. The van der Waals surface area contributed by atoms with E-state index in [0.29, 0.717) is 0 Å². The second-order valence-electron chi connectivity index (χ2n) is 3.79. The molecule has 0 bridgehead atoms. The minimum atomic E-state index is 0.107. The minimum Gasteiger partial charge on any atom is -0.352 e. The van der Waals surface area contributed by atoms with E-state index in [9.17, 15) is 4.79 Å². The SMILES string of the molecule is CSCCCCNC(=O)C(C)=C1CNC1. The first-order chi connectivity index (χ1) is 7.25. The molecule has 0 unspecified atom stereocenters. The zero-order valence-corrected chi connectivity index (χ0v) is 10.4. The molecular weight excluding hydrogens is 208 g/mol. The van der Waals surface area contributed by atoms with Crippen LogP contribution in [0.15, 0.2) is 11.1 Å². The highest BCUT2D eigenvalue weighted by molar-refractivity contribution is 7.98. The first kappa shape index (κ1) is 12.6. The first-order valence-electron chi connectivity index (χ1n) is 5.42. The molecule has 15 heavy (non-hydrogen) atoms. The zero-order chi connectivity index (χ0) is 11.1. The van der Waals surface area contributed by atoms with E-state index in [-0.39, 0.29) is 5.91 Å². The van der Waals surface area contributed by atoms with E-state index < -0.39 is 0 Å². The molecule has 1 aliphatic heterocycles. The number of thioether (sulfide) groups is 1. The van der Waals surface area contributed by atoms with Crippen molar-refractivity contribution in [3.05, 3.63) is 11.1 Å². The van der Waals surface area contributed by atoms with Gasteiger partial charge >= 0.3 is 0 Å². The smallest absolute Gasteiger partial charge is 0.246 e. The molecule has 4 heteroatoms. The van der Waals surface area contributed by atoms with Gasteiger partial charge in [-0.3, -0.25) is 4.79 Å². The topological polar surface area (TPSA) is 41.1 Å². The Labute approximate surface area is 96.1 Å². The first-order valence-corrected chi connectivity index (χ1v) is 6.81. The van der Waals surface area contributed by atoms with Crippen molar-refractivity contribution in [3.63, 3.8) is 0 Å². The van der Waals surface area contributed by atoms with Crippen molar-refractivity contribution in [2.75, 3.05) is 31.6 Å². The molecule has 0 saturated carbocycles. The Morgan fingerprint density at radius 3 is 2.73 bits per heavy atom. The number of hydrogen-bond donors (Lipinski definition) is 2. The summed E-state index contributed by atoms with van der Waals surface area (Å²) in [6, 6.07) is 0. The molecule has 0 radical (unpaired) electrons. The van der Waals surface area contributed by atoms with E-state index in [1.165, 1.54) is 17.7 Å². The molecule has 86 valence electrons. The number of carbonyl (C=O) groups is 1. The maximum Gasteiger partial charge on any atom is 0.246 e. The van der Waals surface area contributed by atoms with Gasteiger partial charge in [-0.15, -0.1) is 0 Å². The lowest BCUT2D eigenvalue weighted by molar-refractivity contribution is -0.117. The van der Waals surface area contributed by atoms with Gasteiger partial charge in [0, 0.05) is 25.2 Å². The van der Waals surface area contributed by atoms with Crippen LogP contribution in [0.4, 0.5) is 0 Å². The molecule has 1 heterocycles. The van der Waals surface area contributed by atoms with E-state index >= 15 is 0 Å². The average molecular weight is 228 g/mol. The minimum absolute atomic E-state index is 0.107. The number of unbranched alkanes of at least 4 members (excludes halogenated alkanes) is 1. The second-order valence-corrected chi connectivity index (χ2v) is 4.77. The van der Waals surface area contributed by atoms with Crippen LogP contribution in [-0.4, -0.2) is 37.6 Å². The molecule has 1 amide bonds. The summed E-state index contributed by atoms with van der Waals surface area (Å²) in [6.45, 7) is 4.47. The van der Waals surface area contributed by atoms with Gasteiger partial charge in [-0.1, -0.05) is 0 Å². The van der Waals surface area contributed by atoms with Crippen LogP contribution in [0.25, 0.3) is 0 Å². The normalized spacial score (nSPS) is 14.7. The lowest BCUT2D eigenvalue weighted by Gasteiger charge is -2.21. The predicted octanol–water partition coefficient (Wildman–Crippen LogP) is 1.17. The van der Waals surface area contributed by atoms with Gasteiger partial charge in [-0.05, 0) is 37.3 Å². The Kier molecular flexibility index (Phi) is 5.79. The van der Waals surface area contributed by atoms with Gasteiger partial charge in [0.2, 0.25) is 5.91 Å². The molecule has 1 saturated heterocycles. The van der Waals surface area contributed by atoms with E-state index in [2.05, 4.69) is 16.9 Å². The number of nitrogens with one attached hydrogen (secondary N) is 2. The Bertz CT molecular complexity index is 245. The molecule has 1 rings (SSSR count). The van der Waals surface area contributed by atoms with Crippen LogP contribution in [0, 0.1) is 0 Å². The lowest BCUT2D eigenvalue weighted by atomic mass is 10.0. The number of amides is 1. The summed E-state index contributed by atoms with van der Waals surface area (Å²) in [5.74, 6) is 1.29. The van der Waals surface area contributed by atoms with Crippen LogP contribution in [0.5, 0.6) is 0 Å². The fourth-order valence-electron chi connectivity index (χ4n) is 1.38. The van der Waals surface area contributed by atoms with Crippen LogP contribution < -0.4 is 10.6 Å². The number of rotatable bonds is 6. The molecule has 0 aromatic rings. The number of carbonyl (C=O) groups excluding carboxylic acids is 1. The van der Waals surface area contributed by atoms with Crippen LogP contribution in [0.2, 0.25) is 0 Å². The predicted molar refractivity (Wildman–Crippen MR) is 66.2 cm³/mol. The van der Waals surface area contributed by atoms with Crippen molar-refractivity contribution in [2.24, 2.45) is 0 Å². The Morgan fingerprint density at radius 2 is 2.20 bits per heavy atom. The van der Waals surface area contributed by atoms with Gasteiger partial charge in [-0.25, -0.2) is 0 Å². The number of hydrogen-bond acceptors (Lipinski definition) is 3. The quantitative estimate of drug-likeness (QED) is 0.529. The third kappa shape index (κ3) is 4.26. The molecule has 0 aromatic heterocycles. The molecule has 2 N–H and O–H groups in total. The lowest BCUT2D eigenvalue weighted by Crippen LogP contribution is -2.37. The highest BCUT2D eigenvalue weighted by atomic mass is 32.2. The maximum atomic E-state index is 11.6. The highest BCUT2D eigenvalue weighted by Crippen LogP contribution is 2.08. The fraction of sp³-hybridized carbons (Fsp3) is 0.727. The Morgan fingerprint density at radius 1 is 1.47 bits per heavy atom. The van der Waals surface area contributed by atoms with Crippen LogP contribution >= 0.6 is 11.8 Å². The van der Waals surface area contributed by atoms with E-state index in [4.69, 9.17) is 0 Å². The molecule has 0 aromatic carbocycles. The zero-order valence-electron chi connectivity index (χ0n) is 9.56. The van der Waals surface area contributed by atoms with Gasteiger partial charge in [-0.2, -0.15) is 11.8 Å². The molecule has 3 nitrogen and oxygen atoms in total. The molecular formula is C11H20N2OS. The summed E-state index contributed by atoms with van der Waals surface area (Å²) in [6.07, 6.45) is 4.36. The van der Waals surface area contributed by atoms with Gasteiger partial charge in [0.15, 0.2) is 0 Å². The van der Waals surface area contributed by atoms with E-state index in [0.717, 1.165) is 31.6 Å². The van der Waals surface area contributed by atoms with Crippen molar-refractivity contribution in [3.8, 4) is 0 Å². The van der Waals surface area contributed by atoms with Crippen LogP contribution in [-0.2, 0) is 4.79 Å². The summed E-state index contributed by atoms with van der Waals surface area (Å²) in [7, 11) is 0. The van der Waals surface area contributed by atoms with Crippen molar-refractivity contribution in [1.29, 1.82) is 0 Å². The van der Waals surface area contributed by atoms with Crippen molar-refractivity contribution < 1.29 is 4.79 Å². The van der Waals surface area contributed by atoms with Crippen molar-refractivity contribution in [2.45, 2.75) is 19.8 Å². The molecule has 0 aliphatic carbocycles. The highest BCUT2D eigenvalue weighted by Gasteiger charge is 2.15. The van der Waals surface area contributed by atoms with Gasteiger partial charge in [0.05, 0.1) is 0 Å². The molecule has 1 aliphatic rings. The Balaban J connectivity index is 2.13. The maximum absolute atomic E-state index is 11.6. The average Bonchev–Trinajstić information content (AvgIpc) is 2.14. The monoisotopic (exact) mass is 228 g/mol. The summed E-state index contributed by atoms with van der Waals surface area (Å²) in [4.78, 5) is 11.6. The third-order valence-electron chi connectivity index (χ3n) is 2.61. The summed E-state index contributed by atoms with van der Waals surface area (Å²) in [5.41, 5.74) is 2.15. The summed E-state index contributed by atoms with van der Waals surface area (Å²) >= 11 is 1.85. The van der Waals surface area contributed by atoms with E-state index in [1.807, 2.05) is 18.7 Å². The molecule has 0 spiro atoms. The second kappa shape index (κ2) is 6.90. The van der Waals surface area contributed by atoms with Crippen molar-refractivity contribution in [1.82, 2.24) is 10.6 Å². The van der Waals surface area contributed by atoms with Crippen molar-refractivity contribution >= 4 is 17.7 Å². The Hall–Kier alpha value is -0.480. The van der Waals surface area contributed by atoms with Gasteiger partial charge in [0.1, 0.15) is 0 Å². The standard InChI is InChI=1S/C11H20N2OS/c1-9(10-7-12-8-10)11(14)13-5-3-4-6-15-2/h12H,3-8H2,1-2H3,(H,13,14). The fourth-order valence-corrected chi connectivity index (χ4v) is 1.87.